The molecular formula is C9H14BrN3O2S. The number of sulfonamides is 1. The van der Waals surface area contributed by atoms with Crippen molar-refractivity contribution in [1.82, 2.24) is 0 Å². The molecule has 5 nitrogen and oxygen atoms in total. The van der Waals surface area contributed by atoms with Crippen molar-refractivity contribution >= 4 is 37.3 Å². The molecule has 0 fully saturated rings. The number of hydrogen-bond acceptors (Lipinski definition) is 4. The second kappa shape index (κ2) is 5.51. The fraction of sp³-hybridized carbons (Fsp3) is 0.333. The van der Waals surface area contributed by atoms with E-state index in [1.807, 2.05) is 6.07 Å². The molecule has 16 heavy (non-hydrogen) atoms. The van der Waals surface area contributed by atoms with Crippen molar-refractivity contribution in [1.29, 1.82) is 0 Å². The molecule has 0 saturated carbocycles. The second-order valence-corrected chi connectivity index (χ2v) is 5.97. The van der Waals surface area contributed by atoms with Crippen LogP contribution in [0.1, 0.15) is 6.42 Å². The standard InChI is InChI=1S/C9H14BrN3O2S/c10-8-6-7(11)2-3-9(8)13-4-1-5-16(12,14)15/h2-3,6,13H,1,4-5,11H2,(H2,12,14,15). The van der Waals surface area contributed by atoms with Gasteiger partial charge in [-0.05, 0) is 40.5 Å². The highest BCUT2D eigenvalue weighted by molar-refractivity contribution is 9.10. The minimum Gasteiger partial charge on any atom is -0.399 e. The zero-order chi connectivity index (χ0) is 12.2. The smallest absolute Gasteiger partial charge is 0.209 e. The third-order valence-electron chi connectivity index (χ3n) is 1.91. The summed E-state index contributed by atoms with van der Waals surface area (Å²) in [6.07, 6.45) is 0.468. The quantitative estimate of drug-likeness (QED) is 0.561. The molecule has 0 heterocycles. The molecule has 90 valence electrons. The summed E-state index contributed by atoms with van der Waals surface area (Å²) in [7, 11) is -3.37. The molecule has 1 aromatic carbocycles. The van der Waals surface area contributed by atoms with Crippen LogP contribution in [0.15, 0.2) is 22.7 Å². The van der Waals surface area contributed by atoms with Crippen molar-refractivity contribution in [2.24, 2.45) is 5.14 Å². The lowest BCUT2D eigenvalue weighted by Crippen LogP contribution is -2.18. The van der Waals surface area contributed by atoms with E-state index >= 15 is 0 Å². The Morgan fingerprint density at radius 3 is 2.62 bits per heavy atom. The van der Waals surface area contributed by atoms with Crippen LogP contribution in [0.3, 0.4) is 0 Å². The average Bonchev–Trinajstić information content (AvgIpc) is 2.13. The molecule has 0 radical (unpaired) electrons. The van der Waals surface area contributed by atoms with Crippen LogP contribution in [-0.2, 0) is 10.0 Å². The molecule has 0 saturated heterocycles. The number of nitrogen functional groups attached to an aromatic ring is 1. The number of rotatable bonds is 5. The van der Waals surface area contributed by atoms with Crippen LogP contribution >= 0.6 is 15.9 Å². The van der Waals surface area contributed by atoms with Crippen LogP contribution in [0.5, 0.6) is 0 Å². The maximum Gasteiger partial charge on any atom is 0.209 e. The van der Waals surface area contributed by atoms with Crippen LogP contribution in [0.2, 0.25) is 0 Å². The third kappa shape index (κ3) is 4.82. The van der Waals surface area contributed by atoms with Gasteiger partial charge in [0.05, 0.1) is 5.75 Å². The van der Waals surface area contributed by atoms with E-state index in [4.69, 9.17) is 10.9 Å². The Labute approximate surface area is 103 Å². The van der Waals surface area contributed by atoms with E-state index in [-0.39, 0.29) is 5.75 Å². The van der Waals surface area contributed by atoms with Crippen LogP contribution in [0.4, 0.5) is 11.4 Å². The monoisotopic (exact) mass is 307 g/mol. The molecule has 0 aliphatic rings. The van der Waals surface area contributed by atoms with Crippen LogP contribution in [0, 0.1) is 0 Å². The summed E-state index contributed by atoms with van der Waals surface area (Å²) in [6.45, 7) is 0.541. The first-order valence-corrected chi connectivity index (χ1v) is 7.19. The van der Waals surface area contributed by atoms with Gasteiger partial charge in [0.25, 0.3) is 0 Å². The van der Waals surface area contributed by atoms with Gasteiger partial charge < -0.3 is 11.1 Å². The van der Waals surface area contributed by atoms with Gasteiger partial charge in [-0.15, -0.1) is 0 Å². The van der Waals surface area contributed by atoms with Crippen molar-refractivity contribution in [3.05, 3.63) is 22.7 Å². The molecule has 0 aromatic heterocycles. The summed E-state index contributed by atoms with van der Waals surface area (Å²) in [5, 5.41) is 7.97. The number of anilines is 2. The van der Waals surface area contributed by atoms with E-state index < -0.39 is 10.0 Å². The first-order valence-electron chi connectivity index (χ1n) is 4.68. The first-order chi connectivity index (χ1) is 7.38. The second-order valence-electron chi connectivity index (χ2n) is 3.39. The van der Waals surface area contributed by atoms with E-state index in [2.05, 4.69) is 21.2 Å². The summed E-state index contributed by atoms with van der Waals surface area (Å²) in [5.41, 5.74) is 7.13. The van der Waals surface area contributed by atoms with E-state index in [0.717, 1.165) is 10.2 Å². The summed E-state index contributed by atoms with van der Waals surface area (Å²) < 4.78 is 22.2. The van der Waals surface area contributed by atoms with Crippen LogP contribution in [0.25, 0.3) is 0 Å². The minimum absolute atomic E-state index is 0.0212. The van der Waals surface area contributed by atoms with Crippen molar-refractivity contribution in [3.63, 3.8) is 0 Å². The first kappa shape index (κ1) is 13.3. The zero-order valence-electron chi connectivity index (χ0n) is 8.61. The van der Waals surface area contributed by atoms with Crippen LogP contribution in [-0.4, -0.2) is 20.7 Å². The molecule has 0 amide bonds. The molecule has 7 heteroatoms. The SMILES string of the molecule is Nc1ccc(NCCCS(N)(=O)=O)c(Br)c1. The van der Waals surface area contributed by atoms with Gasteiger partial charge in [0.2, 0.25) is 10.0 Å². The lowest BCUT2D eigenvalue weighted by atomic mass is 10.3. The lowest BCUT2D eigenvalue weighted by Gasteiger charge is -2.08. The number of nitrogens with one attached hydrogen (secondary N) is 1. The Morgan fingerprint density at radius 1 is 1.38 bits per heavy atom. The third-order valence-corrected chi connectivity index (χ3v) is 3.43. The van der Waals surface area contributed by atoms with Crippen molar-refractivity contribution in [3.8, 4) is 0 Å². The van der Waals surface area contributed by atoms with Gasteiger partial charge >= 0.3 is 0 Å². The predicted molar refractivity (Wildman–Crippen MR) is 69.6 cm³/mol. The van der Waals surface area contributed by atoms with Gasteiger partial charge in [0, 0.05) is 22.4 Å². The van der Waals surface area contributed by atoms with E-state index in [0.29, 0.717) is 18.7 Å². The number of benzene rings is 1. The molecule has 0 bridgehead atoms. The highest BCUT2D eigenvalue weighted by Gasteiger charge is 2.03. The van der Waals surface area contributed by atoms with Gasteiger partial charge in [-0.2, -0.15) is 0 Å². The summed E-state index contributed by atoms with van der Waals surface area (Å²) in [6, 6.07) is 5.38. The highest BCUT2D eigenvalue weighted by Crippen LogP contribution is 2.24. The van der Waals surface area contributed by atoms with E-state index in [1.165, 1.54) is 0 Å². The maximum absolute atomic E-state index is 10.7. The minimum atomic E-state index is -3.37. The average molecular weight is 308 g/mol. The summed E-state index contributed by atoms with van der Waals surface area (Å²) in [5.74, 6) is -0.0212. The molecule has 0 aliphatic heterocycles. The fourth-order valence-electron chi connectivity index (χ4n) is 1.17. The van der Waals surface area contributed by atoms with E-state index in [9.17, 15) is 8.42 Å². The topological polar surface area (TPSA) is 98.2 Å². The van der Waals surface area contributed by atoms with Gasteiger partial charge in [-0.3, -0.25) is 0 Å². The Kier molecular flexibility index (Phi) is 4.57. The van der Waals surface area contributed by atoms with Crippen molar-refractivity contribution in [2.75, 3.05) is 23.3 Å². The summed E-state index contributed by atoms with van der Waals surface area (Å²) >= 11 is 3.35. The largest absolute Gasteiger partial charge is 0.399 e. The Bertz CT molecular complexity index is 462. The van der Waals surface area contributed by atoms with Gasteiger partial charge in [0.15, 0.2) is 0 Å². The lowest BCUT2D eigenvalue weighted by molar-refractivity contribution is 0.596. The predicted octanol–water partition coefficient (Wildman–Crippen LogP) is 1.12. The Hall–Kier alpha value is -0.790. The highest BCUT2D eigenvalue weighted by atomic mass is 79.9. The number of halogens is 1. The normalized spacial score (nSPS) is 11.4. The number of hydrogen-bond donors (Lipinski definition) is 3. The van der Waals surface area contributed by atoms with Gasteiger partial charge in [-0.25, -0.2) is 13.6 Å². The molecule has 1 rings (SSSR count). The fourth-order valence-corrected chi connectivity index (χ4v) is 2.25. The molecule has 0 atom stereocenters. The van der Waals surface area contributed by atoms with Gasteiger partial charge in [0.1, 0.15) is 0 Å². The van der Waals surface area contributed by atoms with Crippen molar-refractivity contribution in [2.45, 2.75) is 6.42 Å². The zero-order valence-corrected chi connectivity index (χ0v) is 11.0. The van der Waals surface area contributed by atoms with Gasteiger partial charge in [-0.1, -0.05) is 0 Å². The van der Waals surface area contributed by atoms with Crippen molar-refractivity contribution < 1.29 is 8.42 Å². The summed E-state index contributed by atoms with van der Waals surface area (Å²) in [4.78, 5) is 0. The molecule has 0 spiro atoms. The Morgan fingerprint density at radius 2 is 2.06 bits per heavy atom. The maximum atomic E-state index is 10.7. The molecule has 0 aliphatic carbocycles. The molecule has 0 unspecified atom stereocenters. The molecular weight excluding hydrogens is 294 g/mol. The molecule has 5 N–H and O–H groups in total. The van der Waals surface area contributed by atoms with E-state index in [1.54, 1.807) is 12.1 Å². The Balaban J connectivity index is 2.43. The number of primary sulfonamides is 1. The van der Waals surface area contributed by atoms with Crippen LogP contribution < -0.4 is 16.2 Å². The molecule has 1 aromatic rings. The number of nitrogens with two attached hydrogens (primary N) is 2.